The molecule has 1 saturated heterocycles. The van der Waals surface area contributed by atoms with E-state index in [0.29, 0.717) is 5.69 Å². The quantitative estimate of drug-likeness (QED) is 0.844. The molecule has 122 valence electrons. The number of aromatic nitrogens is 3. The maximum absolute atomic E-state index is 12.1. The monoisotopic (exact) mass is 334 g/mol. The Kier molecular flexibility index (Phi) is 4.66. The minimum atomic E-state index is -0.266. The highest BCUT2D eigenvalue weighted by atomic mass is 35.5. The van der Waals surface area contributed by atoms with E-state index in [0.717, 1.165) is 31.6 Å². The molecule has 2 amide bonds. The van der Waals surface area contributed by atoms with Crippen LogP contribution in [0.2, 0.25) is 5.15 Å². The van der Waals surface area contributed by atoms with E-state index in [1.54, 1.807) is 23.0 Å². The second-order valence-corrected chi connectivity index (χ2v) is 5.96. The molecule has 0 aromatic carbocycles. The largest absolute Gasteiger partial charge is 0.367 e. The molecule has 0 bridgehead atoms. The van der Waals surface area contributed by atoms with Gasteiger partial charge in [0.25, 0.3) is 0 Å². The summed E-state index contributed by atoms with van der Waals surface area (Å²) >= 11 is 5.95. The van der Waals surface area contributed by atoms with Crippen molar-refractivity contribution < 1.29 is 4.79 Å². The lowest BCUT2D eigenvalue weighted by Gasteiger charge is -2.33. The van der Waals surface area contributed by atoms with Gasteiger partial charge in [-0.3, -0.25) is 4.68 Å². The zero-order valence-corrected chi connectivity index (χ0v) is 13.6. The third kappa shape index (κ3) is 3.92. The average Bonchev–Trinajstić information content (AvgIpc) is 2.96. The van der Waals surface area contributed by atoms with Crippen LogP contribution in [-0.2, 0) is 7.05 Å². The molecule has 3 heterocycles. The average molecular weight is 335 g/mol. The summed E-state index contributed by atoms with van der Waals surface area (Å²) in [5.41, 5.74) is 1.58. The van der Waals surface area contributed by atoms with Gasteiger partial charge >= 0.3 is 6.03 Å². The van der Waals surface area contributed by atoms with Crippen LogP contribution >= 0.6 is 11.6 Å². The number of nitrogens with one attached hydrogen (secondary N) is 2. The van der Waals surface area contributed by atoms with Gasteiger partial charge in [-0.2, -0.15) is 5.10 Å². The van der Waals surface area contributed by atoms with Crippen LogP contribution in [0, 0.1) is 0 Å². The van der Waals surface area contributed by atoms with Gasteiger partial charge in [-0.1, -0.05) is 11.6 Å². The van der Waals surface area contributed by atoms with E-state index < -0.39 is 0 Å². The molecular formula is C15H19ClN6O. The van der Waals surface area contributed by atoms with Gasteiger partial charge < -0.3 is 15.5 Å². The Balaban J connectivity index is 1.57. The summed E-state index contributed by atoms with van der Waals surface area (Å²) in [5, 5.41) is 10.2. The minimum absolute atomic E-state index is 0.0828. The molecule has 0 unspecified atom stereocenters. The third-order valence-corrected chi connectivity index (χ3v) is 4.12. The molecule has 1 aliphatic rings. The zero-order valence-electron chi connectivity index (χ0n) is 12.9. The Hall–Kier alpha value is -2.28. The SMILES string of the molecule is Cn1cc(N2CCC[C@H](NC(=O)Nc3cccnc3Cl)C2)cn1. The lowest BCUT2D eigenvalue weighted by Crippen LogP contribution is -2.49. The molecule has 7 nitrogen and oxygen atoms in total. The fourth-order valence-corrected chi connectivity index (χ4v) is 2.89. The van der Waals surface area contributed by atoms with E-state index in [1.807, 2.05) is 19.4 Å². The van der Waals surface area contributed by atoms with E-state index >= 15 is 0 Å². The Morgan fingerprint density at radius 2 is 2.35 bits per heavy atom. The van der Waals surface area contributed by atoms with E-state index in [1.165, 1.54) is 0 Å². The molecule has 0 saturated carbocycles. The first kappa shape index (κ1) is 15.6. The molecule has 1 aliphatic heterocycles. The van der Waals surface area contributed by atoms with Gasteiger partial charge in [0.1, 0.15) is 0 Å². The van der Waals surface area contributed by atoms with Gasteiger partial charge in [-0.25, -0.2) is 9.78 Å². The summed E-state index contributed by atoms with van der Waals surface area (Å²) in [6.07, 6.45) is 7.38. The van der Waals surface area contributed by atoms with Gasteiger partial charge in [-0.15, -0.1) is 0 Å². The summed E-state index contributed by atoms with van der Waals surface area (Å²) in [4.78, 5) is 18.3. The van der Waals surface area contributed by atoms with E-state index in [2.05, 4.69) is 25.6 Å². The van der Waals surface area contributed by atoms with Crippen molar-refractivity contribution in [2.45, 2.75) is 18.9 Å². The summed E-state index contributed by atoms with van der Waals surface area (Å²) in [6.45, 7) is 1.74. The van der Waals surface area contributed by atoms with Gasteiger partial charge in [0.15, 0.2) is 5.15 Å². The Bertz CT molecular complexity index is 688. The van der Waals surface area contributed by atoms with Crippen molar-refractivity contribution in [3.8, 4) is 0 Å². The number of anilines is 2. The maximum atomic E-state index is 12.1. The van der Waals surface area contributed by atoms with Crippen molar-refractivity contribution in [1.82, 2.24) is 20.1 Å². The number of nitrogens with zero attached hydrogens (tertiary/aromatic N) is 4. The number of piperidine rings is 1. The van der Waals surface area contributed by atoms with E-state index in [-0.39, 0.29) is 17.2 Å². The smallest absolute Gasteiger partial charge is 0.319 e. The lowest BCUT2D eigenvalue weighted by atomic mass is 10.1. The number of rotatable bonds is 3. The second-order valence-electron chi connectivity index (χ2n) is 5.60. The molecule has 0 radical (unpaired) electrons. The Morgan fingerprint density at radius 3 is 3.09 bits per heavy atom. The molecule has 0 spiro atoms. The van der Waals surface area contributed by atoms with Gasteiger partial charge in [0, 0.05) is 38.6 Å². The van der Waals surface area contributed by atoms with Crippen molar-refractivity contribution in [2.24, 2.45) is 7.05 Å². The van der Waals surface area contributed by atoms with Gasteiger partial charge in [0.05, 0.1) is 17.6 Å². The van der Waals surface area contributed by atoms with Crippen LogP contribution in [0.25, 0.3) is 0 Å². The molecule has 2 aromatic heterocycles. The summed E-state index contributed by atoms with van der Waals surface area (Å²) < 4.78 is 1.78. The first-order valence-electron chi connectivity index (χ1n) is 7.53. The molecule has 8 heteroatoms. The predicted molar refractivity (Wildman–Crippen MR) is 89.8 cm³/mol. The number of halogens is 1. The summed E-state index contributed by atoms with van der Waals surface area (Å²) in [6, 6.07) is 3.27. The lowest BCUT2D eigenvalue weighted by molar-refractivity contribution is 0.246. The van der Waals surface area contributed by atoms with E-state index in [4.69, 9.17) is 11.6 Å². The molecule has 2 aromatic rings. The highest BCUT2D eigenvalue weighted by Gasteiger charge is 2.22. The number of aryl methyl sites for hydroxylation is 1. The number of amides is 2. The topological polar surface area (TPSA) is 75.1 Å². The van der Waals surface area contributed by atoms with E-state index in [9.17, 15) is 4.79 Å². The van der Waals surface area contributed by atoms with Crippen molar-refractivity contribution >= 4 is 29.0 Å². The van der Waals surface area contributed by atoms with Crippen LogP contribution in [-0.4, -0.2) is 39.9 Å². The molecule has 2 N–H and O–H groups in total. The highest BCUT2D eigenvalue weighted by Crippen LogP contribution is 2.20. The molecule has 0 aliphatic carbocycles. The van der Waals surface area contributed by atoms with Crippen LogP contribution in [0.1, 0.15) is 12.8 Å². The van der Waals surface area contributed by atoms with Crippen LogP contribution in [0.5, 0.6) is 0 Å². The van der Waals surface area contributed by atoms with Crippen LogP contribution in [0.15, 0.2) is 30.7 Å². The predicted octanol–water partition coefficient (Wildman–Crippen LogP) is 2.26. The first-order valence-corrected chi connectivity index (χ1v) is 7.91. The second kappa shape index (κ2) is 6.87. The zero-order chi connectivity index (χ0) is 16.2. The normalized spacial score (nSPS) is 17.8. The third-order valence-electron chi connectivity index (χ3n) is 3.82. The standard InChI is InChI=1S/C15H19ClN6O/c1-21-10-12(8-18-21)22-7-3-4-11(9-22)19-15(23)20-13-5-2-6-17-14(13)16/h2,5-6,8,10-11H,3-4,7,9H2,1H3,(H2,19,20,23)/t11-/m0/s1. The highest BCUT2D eigenvalue weighted by molar-refractivity contribution is 6.32. The summed E-state index contributed by atoms with van der Waals surface area (Å²) in [7, 11) is 1.90. The molecule has 23 heavy (non-hydrogen) atoms. The summed E-state index contributed by atoms with van der Waals surface area (Å²) in [5.74, 6) is 0. The minimum Gasteiger partial charge on any atom is -0.367 e. The van der Waals surface area contributed by atoms with Crippen molar-refractivity contribution in [3.63, 3.8) is 0 Å². The number of pyridine rings is 1. The van der Waals surface area contributed by atoms with Crippen LogP contribution < -0.4 is 15.5 Å². The van der Waals surface area contributed by atoms with Crippen molar-refractivity contribution in [2.75, 3.05) is 23.3 Å². The molecule has 1 atom stereocenters. The van der Waals surface area contributed by atoms with Crippen molar-refractivity contribution in [1.29, 1.82) is 0 Å². The number of hydrogen-bond donors (Lipinski definition) is 2. The Labute approximate surface area is 139 Å². The number of hydrogen-bond acceptors (Lipinski definition) is 4. The van der Waals surface area contributed by atoms with Crippen LogP contribution in [0.3, 0.4) is 0 Å². The van der Waals surface area contributed by atoms with Crippen LogP contribution in [0.4, 0.5) is 16.2 Å². The number of carbonyl (C=O) groups excluding carboxylic acids is 1. The molecule has 3 rings (SSSR count). The van der Waals surface area contributed by atoms with Gasteiger partial charge in [-0.05, 0) is 25.0 Å². The molecule has 1 fully saturated rings. The van der Waals surface area contributed by atoms with Crippen molar-refractivity contribution in [3.05, 3.63) is 35.9 Å². The first-order chi connectivity index (χ1) is 11.1. The maximum Gasteiger partial charge on any atom is 0.319 e. The van der Waals surface area contributed by atoms with Gasteiger partial charge in [0.2, 0.25) is 0 Å². The number of urea groups is 1. The molecular weight excluding hydrogens is 316 g/mol. The fourth-order valence-electron chi connectivity index (χ4n) is 2.72. The number of carbonyl (C=O) groups is 1. The Morgan fingerprint density at radius 1 is 1.48 bits per heavy atom. The fraction of sp³-hybridized carbons (Fsp3) is 0.400.